The van der Waals surface area contributed by atoms with Crippen molar-refractivity contribution in [1.82, 2.24) is 10.1 Å². The number of nitrogens with zero attached hydrogens (tertiary/aromatic N) is 2. The Morgan fingerprint density at radius 3 is 3.06 bits per heavy atom. The van der Waals surface area contributed by atoms with Crippen molar-refractivity contribution in [1.29, 1.82) is 0 Å². The maximum Gasteiger partial charge on any atom is 0.272 e. The van der Waals surface area contributed by atoms with Gasteiger partial charge >= 0.3 is 0 Å². The number of nitrogen functional groups attached to an aromatic ring is 1. The molecular formula is C10H7BrN4O. The van der Waals surface area contributed by atoms with Crippen LogP contribution in [-0.2, 0) is 0 Å². The highest BCUT2D eigenvalue weighted by Gasteiger charge is 2.20. The molecule has 0 unspecified atom stereocenters. The number of rotatable bonds is 0. The first-order valence-corrected chi connectivity index (χ1v) is 5.41. The summed E-state index contributed by atoms with van der Waals surface area (Å²) in [6, 6.07) is 5.41. The Morgan fingerprint density at radius 2 is 2.25 bits per heavy atom. The normalized spacial score (nSPS) is 13.9. The number of benzene rings is 1. The summed E-state index contributed by atoms with van der Waals surface area (Å²) in [6.45, 7) is 0. The van der Waals surface area contributed by atoms with Gasteiger partial charge in [0.25, 0.3) is 5.91 Å². The van der Waals surface area contributed by atoms with Gasteiger partial charge in [0.2, 0.25) is 0 Å². The number of aromatic nitrogens is 1. The van der Waals surface area contributed by atoms with Crippen LogP contribution in [0.2, 0.25) is 0 Å². The molecule has 3 N–H and O–H groups in total. The van der Waals surface area contributed by atoms with Gasteiger partial charge in [0.05, 0.1) is 17.3 Å². The highest BCUT2D eigenvalue weighted by atomic mass is 79.9. The number of nitrogens with two attached hydrogens (primary N) is 1. The number of hydrazone groups is 1. The predicted molar refractivity (Wildman–Crippen MR) is 64.8 cm³/mol. The molecule has 0 bridgehead atoms. The molecule has 0 fully saturated rings. The number of halogens is 1. The molecular weight excluding hydrogens is 272 g/mol. The van der Waals surface area contributed by atoms with Crippen LogP contribution < -0.4 is 11.3 Å². The Bertz CT molecular complexity index is 644. The van der Waals surface area contributed by atoms with Gasteiger partial charge < -0.3 is 5.84 Å². The molecule has 5 nitrogen and oxygen atoms in total. The van der Waals surface area contributed by atoms with Gasteiger partial charge in [-0.25, -0.2) is 5.43 Å². The van der Waals surface area contributed by atoms with E-state index in [0.717, 1.165) is 16.5 Å². The third-order valence-electron chi connectivity index (χ3n) is 2.61. The third-order valence-corrected chi connectivity index (χ3v) is 3.42. The van der Waals surface area contributed by atoms with Crippen molar-refractivity contribution >= 4 is 39.0 Å². The Balaban J connectivity index is 2.58. The molecule has 1 aliphatic rings. The zero-order valence-electron chi connectivity index (χ0n) is 8.07. The van der Waals surface area contributed by atoms with Gasteiger partial charge in [-0.1, -0.05) is 6.07 Å². The van der Waals surface area contributed by atoms with Crippen molar-refractivity contribution in [2.45, 2.75) is 0 Å². The quantitative estimate of drug-likeness (QED) is 0.711. The second kappa shape index (κ2) is 3.08. The van der Waals surface area contributed by atoms with Crippen molar-refractivity contribution in [3.63, 3.8) is 0 Å². The molecule has 0 spiro atoms. The first-order valence-electron chi connectivity index (χ1n) is 4.61. The molecule has 16 heavy (non-hydrogen) atoms. The summed E-state index contributed by atoms with van der Waals surface area (Å²) in [6.07, 6.45) is 1.59. The van der Waals surface area contributed by atoms with E-state index in [1.54, 1.807) is 18.3 Å². The number of amides is 1. The highest BCUT2D eigenvalue weighted by molar-refractivity contribution is 9.10. The molecule has 0 atom stereocenters. The molecule has 1 amide bonds. The average molecular weight is 279 g/mol. The fraction of sp³-hybridized carbons (Fsp3) is 0. The SMILES string of the molecule is Nn1c(Br)c2c3c(cccc31)C(=O)NN=C2. The van der Waals surface area contributed by atoms with Crippen molar-refractivity contribution in [2.24, 2.45) is 5.10 Å². The second-order valence-electron chi connectivity index (χ2n) is 3.47. The Morgan fingerprint density at radius 1 is 1.44 bits per heavy atom. The van der Waals surface area contributed by atoms with Crippen LogP contribution in [0.3, 0.4) is 0 Å². The Kier molecular flexibility index (Phi) is 1.81. The van der Waals surface area contributed by atoms with E-state index >= 15 is 0 Å². The lowest BCUT2D eigenvalue weighted by atomic mass is 10.1. The number of carbonyl (C=O) groups is 1. The lowest BCUT2D eigenvalue weighted by molar-refractivity contribution is 0.0957. The predicted octanol–water partition coefficient (Wildman–Crippen LogP) is 1.19. The minimum atomic E-state index is -0.223. The van der Waals surface area contributed by atoms with Gasteiger partial charge in [-0.15, -0.1) is 0 Å². The molecule has 80 valence electrons. The summed E-state index contributed by atoms with van der Waals surface area (Å²) < 4.78 is 2.20. The van der Waals surface area contributed by atoms with Gasteiger partial charge in [-0.05, 0) is 28.1 Å². The number of hydrogen-bond acceptors (Lipinski definition) is 3. The van der Waals surface area contributed by atoms with Crippen LogP contribution in [0, 0.1) is 0 Å². The zero-order valence-corrected chi connectivity index (χ0v) is 9.65. The molecule has 3 rings (SSSR count). The van der Waals surface area contributed by atoms with E-state index < -0.39 is 0 Å². The maximum atomic E-state index is 11.7. The van der Waals surface area contributed by atoms with Gasteiger partial charge in [0.1, 0.15) is 4.60 Å². The van der Waals surface area contributed by atoms with Crippen molar-refractivity contribution in [3.05, 3.63) is 33.9 Å². The van der Waals surface area contributed by atoms with Crippen LogP contribution in [0.1, 0.15) is 15.9 Å². The van der Waals surface area contributed by atoms with E-state index in [1.807, 2.05) is 6.07 Å². The fourth-order valence-corrected chi connectivity index (χ4v) is 2.38. The molecule has 2 aromatic rings. The Labute approximate surface area is 99.0 Å². The number of nitrogens with one attached hydrogen (secondary N) is 1. The summed E-state index contributed by atoms with van der Waals surface area (Å²) in [5.41, 5.74) is 4.63. The molecule has 0 aliphatic carbocycles. The fourth-order valence-electron chi connectivity index (χ4n) is 1.89. The topological polar surface area (TPSA) is 72.4 Å². The van der Waals surface area contributed by atoms with Crippen molar-refractivity contribution in [3.8, 4) is 0 Å². The minimum Gasteiger partial charge on any atom is -0.338 e. The molecule has 0 saturated heterocycles. The average Bonchev–Trinajstić information content (AvgIpc) is 2.47. The van der Waals surface area contributed by atoms with E-state index in [9.17, 15) is 4.79 Å². The smallest absolute Gasteiger partial charge is 0.272 e. The third kappa shape index (κ3) is 1.04. The number of carbonyl (C=O) groups excluding carboxylic acids is 1. The first kappa shape index (κ1) is 9.41. The van der Waals surface area contributed by atoms with Crippen LogP contribution in [0.15, 0.2) is 27.9 Å². The lowest BCUT2D eigenvalue weighted by Crippen LogP contribution is -2.16. The van der Waals surface area contributed by atoms with Crippen molar-refractivity contribution < 1.29 is 4.79 Å². The van der Waals surface area contributed by atoms with E-state index in [4.69, 9.17) is 5.84 Å². The summed E-state index contributed by atoms with van der Waals surface area (Å²) in [5.74, 6) is 5.66. The van der Waals surface area contributed by atoms with Crippen LogP contribution in [0.4, 0.5) is 0 Å². The van der Waals surface area contributed by atoms with Gasteiger partial charge in [-0.2, -0.15) is 5.10 Å². The first-order chi connectivity index (χ1) is 7.70. The Hall–Kier alpha value is -1.82. The molecule has 1 aromatic carbocycles. The van der Waals surface area contributed by atoms with E-state index in [-0.39, 0.29) is 5.91 Å². The lowest BCUT2D eigenvalue weighted by Gasteiger charge is -2.01. The monoisotopic (exact) mass is 278 g/mol. The van der Waals surface area contributed by atoms with Crippen LogP contribution in [0.25, 0.3) is 10.9 Å². The molecule has 2 heterocycles. The summed E-state index contributed by atoms with van der Waals surface area (Å²) in [7, 11) is 0. The van der Waals surface area contributed by atoms with Crippen LogP contribution in [-0.4, -0.2) is 16.8 Å². The van der Waals surface area contributed by atoms with E-state index in [2.05, 4.69) is 26.5 Å². The van der Waals surface area contributed by atoms with Gasteiger partial charge in [-0.3, -0.25) is 9.47 Å². The van der Waals surface area contributed by atoms with Crippen LogP contribution >= 0.6 is 15.9 Å². The molecule has 0 saturated carbocycles. The second-order valence-corrected chi connectivity index (χ2v) is 4.22. The summed E-state index contributed by atoms with van der Waals surface area (Å²) in [4.78, 5) is 11.7. The van der Waals surface area contributed by atoms with E-state index in [1.165, 1.54) is 4.68 Å². The van der Waals surface area contributed by atoms with Crippen molar-refractivity contribution in [2.75, 3.05) is 5.84 Å². The summed E-state index contributed by atoms with van der Waals surface area (Å²) in [5, 5.41) is 4.66. The molecule has 6 heteroatoms. The van der Waals surface area contributed by atoms with E-state index in [0.29, 0.717) is 10.2 Å². The standard InChI is InChI=1S/C10H7BrN4O/c11-9-6-4-13-14-10(16)5-2-1-3-7(8(5)6)15(9)12/h1-4H,12H2,(H,14,16). The molecule has 1 aliphatic heterocycles. The van der Waals surface area contributed by atoms with Gasteiger partial charge in [0, 0.05) is 10.9 Å². The highest BCUT2D eigenvalue weighted by Crippen LogP contribution is 2.30. The van der Waals surface area contributed by atoms with Crippen LogP contribution in [0.5, 0.6) is 0 Å². The number of hydrogen-bond donors (Lipinski definition) is 2. The largest absolute Gasteiger partial charge is 0.338 e. The maximum absolute atomic E-state index is 11.7. The zero-order chi connectivity index (χ0) is 11.3. The molecule has 0 radical (unpaired) electrons. The molecule has 1 aromatic heterocycles. The summed E-state index contributed by atoms with van der Waals surface area (Å²) >= 11 is 3.38. The van der Waals surface area contributed by atoms with Gasteiger partial charge in [0.15, 0.2) is 0 Å². The minimum absolute atomic E-state index is 0.223.